The Kier molecular flexibility index (Phi) is 8.69. The third-order valence-electron chi connectivity index (χ3n) is 5.72. The quantitative estimate of drug-likeness (QED) is 0.256. The second kappa shape index (κ2) is 11.9. The minimum absolute atomic E-state index is 0.00736. The summed E-state index contributed by atoms with van der Waals surface area (Å²) >= 11 is 0. The van der Waals surface area contributed by atoms with E-state index in [2.05, 4.69) is 0 Å². The lowest BCUT2D eigenvalue weighted by molar-refractivity contribution is 0.0800. The van der Waals surface area contributed by atoms with Gasteiger partial charge in [0.2, 0.25) is 23.1 Å². The lowest BCUT2D eigenvalue weighted by atomic mass is 9.91. The second-order valence-corrected chi connectivity index (χ2v) is 7.71. The van der Waals surface area contributed by atoms with Crippen LogP contribution in [0, 0.1) is 0 Å². The minimum atomic E-state index is -1.04. The number of ether oxygens (including phenoxy) is 6. The predicted octanol–water partition coefficient (Wildman–Crippen LogP) is 3.87. The summed E-state index contributed by atoms with van der Waals surface area (Å²) in [6, 6.07) is 10.8. The van der Waals surface area contributed by atoms with Gasteiger partial charge < -0.3 is 28.4 Å². The van der Waals surface area contributed by atoms with Crippen LogP contribution in [0.2, 0.25) is 0 Å². The SMILES string of the molecule is COc1ccc(C(=O)C(=O)c2cc(OC)c(OC)cc2C(=O)C(=O)c2ccc(OC)c(OC)c2)cc1OC. The fourth-order valence-electron chi connectivity index (χ4n) is 3.72. The van der Waals surface area contributed by atoms with Gasteiger partial charge in [-0.1, -0.05) is 0 Å². The van der Waals surface area contributed by atoms with Crippen LogP contribution in [0.25, 0.3) is 0 Å². The maximum absolute atomic E-state index is 13.4. The molecule has 3 rings (SSSR count). The van der Waals surface area contributed by atoms with Crippen LogP contribution in [0.1, 0.15) is 41.4 Å². The fourth-order valence-corrected chi connectivity index (χ4v) is 3.72. The number of hydrogen-bond donors (Lipinski definition) is 0. The summed E-state index contributed by atoms with van der Waals surface area (Å²) in [7, 11) is 8.30. The van der Waals surface area contributed by atoms with Gasteiger partial charge in [0.05, 0.1) is 42.7 Å². The number of rotatable bonds is 12. The van der Waals surface area contributed by atoms with E-state index in [9.17, 15) is 19.2 Å². The summed E-state index contributed by atoms with van der Waals surface area (Å²) in [6.45, 7) is 0. The Hall–Kier alpha value is -4.86. The van der Waals surface area contributed by atoms with Crippen LogP contribution in [0.5, 0.6) is 34.5 Å². The molecule has 0 spiro atoms. The van der Waals surface area contributed by atoms with Crippen molar-refractivity contribution >= 4 is 23.1 Å². The van der Waals surface area contributed by atoms with E-state index in [1.54, 1.807) is 0 Å². The Morgan fingerprint density at radius 3 is 0.974 bits per heavy atom. The topological polar surface area (TPSA) is 124 Å². The normalized spacial score (nSPS) is 10.3. The zero-order valence-electron chi connectivity index (χ0n) is 21.7. The molecule has 0 N–H and O–H groups in total. The summed E-state index contributed by atoms with van der Waals surface area (Å²) in [5.74, 6) is -2.59. The first-order chi connectivity index (χ1) is 18.2. The highest BCUT2D eigenvalue weighted by atomic mass is 16.5. The van der Waals surface area contributed by atoms with Crippen LogP contribution in [-0.4, -0.2) is 65.8 Å². The first kappa shape index (κ1) is 27.7. The van der Waals surface area contributed by atoms with Gasteiger partial charge in [0.15, 0.2) is 34.5 Å². The molecule has 0 bridgehead atoms. The van der Waals surface area contributed by atoms with E-state index in [0.717, 1.165) is 0 Å². The maximum atomic E-state index is 13.4. The maximum Gasteiger partial charge on any atom is 0.234 e. The van der Waals surface area contributed by atoms with Gasteiger partial charge in [-0.05, 0) is 48.5 Å². The summed E-state index contributed by atoms with van der Waals surface area (Å²) in [4.78, 5) is 53.2. The summed E-state index contributed by atoms with van der Waals surface area (Å²) in [5.41, 5.74) is -0.679. The van der Waals surface area contributed by atoms with E-state index in [-0.39, 0.29) is 45.3 Å². The zero-order valence-corrected chi connectivity index (χ0v) is 21.7. The molecular formula is C28H26O10. The van der Waals surface area contributed by atoms with Gasteiger partial charge >= 0.3 is 0 Å². The van der Waals surface area contributed by atoms with Crippen LogP contribution >= 0.6 is 0 Å². The molecule has 0 saturated heterocycles. The Morgan fingerprint density at radius 1 is 0.395 bits per heavy atom. The van der Waals surface area contributed by atoms with Crippen LogP contribution in [0.4, 0.5) is 0 Å². The smallest absolute Gasteiger partial charge is 0.234 e. The number of carbonyl (C=O) groups excluding carboxylic acids is 4. The molecule has 0 unspecified atom stereocenters. The van der Waals surface area contributed by atoms with Crippen LogP contribution < -0.4 is 28.4 Å². The highest BCUT2D eigenvalue weighted by Gasteiger charge is 2.30. The summed E-state index contributed by atoms with van der Waals surface area (Å²) in [5, 5.41) is 0. The number of Topliss-reactive ketones (excluding diaryl/α,β-unsaturated/α-hetero) is 4. The fraction of sp³-hybridized carbons (Fsp3) is 0.214. The molecule has 0 heterocycles. The van der Waals surface area contributed by atoms with Crippen LogP contribution in [0.15, 0.2) is 48.5 Å². The summed E-state index contributed by atoms with van der Waals surface area (Å²) in [6.07, 6.45) is 0. The van der Waals surface area contributed by atoms with Gasteiger partial charge in [-0.2, -0.15) is 0 Å². The lowest BCUT2D eigenvalue weighted by Gasteiger charge is -2.14. The first-order valence-corrected chi connectivity index (χ1v) is 11.1. The van der Waals surface area contributed by atoms with Gasteiger partial charge in [-0.3, -0.25) is 19.2 Å². The van der Waals surface area contributed by atoms with E-state index in [4.69, 9.17) is 28.4 Å². The Labute approximate surface area is 219 Å². The van der Waals surface area contributed by atoms with Crippen molar-refractivity contribution in [1.29, 1.82) is 0 Å². The van der Waals surface area contributed by atoms with Gasteiger partial charge in [0.1, 0.15) is 0 Å². The van der Waals surface area contributed by atoms with E-state index >= 15 is 0 Å². The van der Waals surface area contributed by atoms with Crippen molar-refractivity contribution in [3.63, 3.8) is 0 Å². The van der Waals surface area contributed by atoms with Gasteiger partial charge in [0, 0.05) is 22.3 Å². The van der Waals surface area contributed by atoms with Crippen molar-refractivity contribution in [2.45, 2.75) is 0 Å². The molecule has 38 heavy (non-hydrogen) atoms. The third-order valence-corrected chi connectivity index (χ3v) is 5.72. The standard InChI is InChI=1S/C28H26O10/c1-33-19-9-7-15(11-21(19)35-3)25(29)27(31)17-13-23(37-5)24(38-6)14-18(17)28(32)26(30)16-8-10-20(34-2)22(12-16)36-4/h7-14H,1-6H3. The molecule has 0 fully saturated rings. The number of benzene rings is 3. The van der Waals surface area contributed by atoms with Crippen molar-refractivity contribution in [2.75, 3.05) is 42.7 Å². The molecule has 0 aliphatic carbocycles. The number of ketones is 4. The summed E-state index contributed by atoms with van der Waals surface area (Å²) < 4.78 is 31.3. The van der Waals surface area contributed by atoms with E-state index in [1.165, 1.54) is 91.2 Å². The number of hydrogen-bond acceptors (Lipinski definition) is 10. The van der Waals surface area contributed by atoms with Crippen molar-refractivity contribution < 1.29 is 47.6 Å². The van der Waals surface area contributed by atoms with Crippen molar-refractivity contribution in [2.24, 2.45) is 0 Å². The third kappa shape index (κ3) is 5.29. The Morgan fingerprint density at radius 2 is 0.684 bits per heavy atom. The molecule has 0 radical (unpaired) electrons. The van der Waals surface area contributed by atoms with E-state index in [1.807, 2.05) is 0 Å². The largest absolute Gasteiger partial charge is 0.493 e. The molecule has 3 aromatic rings. The molecule has 0 saturated carbocycles. The first-order valence-electron chi connectivity index (χ1n) is 11.1. The number of carbonyl (C=O) groups is 4. The lowest BCUT2D eigenvalue weighted by Crippen LogP contribution is -2.22. The van der Waals surface area contributed by atoms with Gasteiger partial charge in [0.25, 0.3) is 0 Å². The molecule has 0 aliphatic rings. The molecular weight excluding hydrogens is 496 g/mol. The average Bonchev–Trinajstić information content (AvgIpc) is 2.97. The Balaban J connectivity index is 2.11. The van der Waals surface area contributed by atoms with Crippen molar-refractivity contribution in [1.82, 2.24) is 0 Å². The molecule has 198 valence electrons. The highest BCUT2D eigenvalue weighted by Crippen LogP contribution is 2.34. The van der Waals surface area contributed by atoms with Gasteiger partial charge in [-0.15, -0.1) is 0 Å². The molecule has 10 heteroatoms. The van der Waals surface area contributed by atoms with Crippen LogP contribution in [0.3, 0.4) is 0 Å². The van der Waals surface area contributed by atoms with Gasteiger partial charge in [-0.25, -0.2) is 0 Å². The van der Waals surface area contributed by atoms with E-state index < -0.39 is 23.1 Å². The molecule has 0 aliphatic heterocycles. The minimum Gasteiger partial charge on any atom is -0.493 e. The zero-order chi connectivity index (χ0) is 28.0. The van der Waals surface area contributed by atoms with Crippen LogP contribution in [-0.2, 0) is 0 Å². The molecule has 0 atom stereocenters. The van der Waals surface area contributed by atoms with Crippen molar-refractivity contribution in [3.05, 3.63) is 70.8 Å². The van der Waals surface area contributed by atoms with E-state index in [0.29, 0.717) is 11.5 Å². The molecule has 0 amide bonds. The molecule has 3 aromatic carbocycles. The Bertz CT molecular complexity index is 1300. The highest BCUT2D eigenvalue weighted by molar-refractivity contribution is 6.54. The molecule has 10 nitrogen and oxygen atoms in total. The number of methoxy groups -OCH3 is 6. The monoisotopic (exact) mass is 522 g/mol. The average molecular weight is 523 g/mol. The predicted molar refractivity (Wildman–Crippen MR) is 136 cm³/mol. The second-order valence-electron chi connectivity index (χ2n) is 7.71. The van der Waals surface area contributed by atoms with Crippen molar-refractivity contribution in [3.8, 4) is 34.5 Å². The molecule has 0 aromatic heterocycles.